The van der Waals surface area contributed by atoms with Crippen molar-refractivity contribution >= 4 is 0 Å². The minimum absolute atomic E-state index is 0.120. The molecule has 0 spiro atoms. The molecule has 2 aliphatic rings. The quantitative estimate of drug-likeness (QED) is 0.926. The molecule has 2 fully saturated rings. The Hall–Kier alpha value is -1.26. The molecular formula is C18H27NO3. The first-order chi connectivity index (χ1) is 10.7. The van der Waals surface area contributed by atoms with Gasteiger partial charge in [-0.05, 0) is 43.4 Å². The van der Waals surface area contributed by atoms with E-state index in [0.717, 1.165) is 49.4 Å². The second kappa shape index (κ2) is 6.88. The smallest absolute Gasteiger partial charge is 0.161 e. The normalized spacial score (nSPS) is 24.7. The summed E-state index contributed by atoms with van der Waals surface area (Å²) in [5.41, 5.74) is 7.57. The van der Waals surface area contributed by atoms with E-state index >= 15 is 0 Å². The lowest BCUT2D eigenvalue weighted by Gasteiger charge is -2.34. The molecule has 1 aromatic rings. The lowest BCUT2D eigenvalue weighted by atomic mass is 9.77. The summed E-state index contributed by atoms with van der Waals surface area (Å²) in [6, 6.07) is 6.17. The van der Waals surface area contributed by atoms with Gasteiger partial charge in [-0.2, -0.15) is 0 Å². The van der Waals surface area contributed by atoms with Gasteiger partial charge in [0.2, 0.25) is 0 Å². The number of benzene rings is 1. The predicted octanol–water partition coefficient (Wildman–Crippen LogP) is 3.37. The van der Waals surface area contributed by atoms with Crippen LogP contribution in [0.3, 0.4) is 0 Å². The van der Waals surface area contributed by atoms with Crippen molar-refractivity contribution in [3.05, 3.63) is 23.8 Å². The standard InChI is InChI=1S/C18H27NO3/c1-20-17-12-14(18(19)9-3-2-4-10-18)7-8-16(17)22-15-6-5-11-21-13-15/h7-8,12,15H,2-6,9-11,13,19H2,1H3. The van der Waals surface area contributed by atoms with Gasteiger partial charge in [0.25, 0.3) is 0 Å². The van der Waals surface area contributed by atoms with Gasteiger partial charge in [-0.3, -0.25) is 0 Å². The Balaban J connectivity index is 1.77. The van der Waals surface area contributed by atoms with Crippen molar-refractivity contribution in [2.75, 3.05) is 20.3 Å². The summed E-state index contributed by atoms with van der Waals surface area (Å²) in [5, 5.41) is 0. The third-order valence-corrected chi connectivity index (χ3v) is 4.90. The minimum atomic E-state index is -0.210. The molecule has 1 saturated heterocycles. The molecule has 0 amide bonds. The summed E-state index contributed by atoms with van der Waals surface area (Å²) >= 11 is 0. The third-order valence-electron chi connectivity index (χ3n) is 4.90. The highest BCUT2D eigenvalue weighted by Gasteiger charge is 2.30. The Morgan fingerprint density at radius 2 is 1.95 bits per heavy atom. The first-order valence-electron chi connectivity index (χ1n) is 8.43. The highest BCUT2D eigenvalue weighted by Crippen LogP contribution is 2.39. The molecule has 2 N–H and O–H groups in total. The van der Waals surface area contributed by atoms with Crippen molar-refractivity contribution in [1.82, 2.24) is 0 Å². The van der Waals surface area contributed by atoms with Crippen LogP contribution in [0.4, 0.5) is 0 Å². The zero-order chi connectivity index (χ0) is 15.4. The topological polar surface area (TPSA) is 53.7 Å². The van der Waals surface area contributed by atoms with E-state index in [-0.39, 0.29) is 11.6 Å². The fraction of sp³-hybridized carbons (Fsp3) is 0.667. The number of hydrogen-bond donors (Lipinski definition) is 1. The van der Waals surface area contributed by atoms with Gasteiger partial charge in [0, 0.05) is 12.1 Å². The Kier molecular flexibility index (Phi) is 4.89. The number of ether oxygens (including phenoxy) is 3. The van der Waals surface area contributed by atoms with Crippen LogP contribution in [0, 0.1) is 0 Å². The molecule has 1 atom stereocenters. The number of hydrogen-bond acceptors (Lipinski definition) is 4. The summed E-state index contributed by atoms with van der Waals surface area (Å²) < 4.78 is 17.1. The van der Waals surface area contributed by atoms with E-state index in [1.54, 1.807) is 7.11 Å². The SMILES string of the molecule is COc1cc(C2(N)CCCCC2)ccc1OC1CCCOC1. The third kappa shape index (κ3) is 3.39. The van der Waals surface area contributed by atoms with Crippen LogP contribution in [0.1, 0.15) is 50.5 Å². The van der Waals surface area contributed by atoms with E-state index < -0.39 is 0 Å². The first-order valence-corrected chi connectivity index (χ1v) is 8.43. The van der Waals surface area contributed by atoms with E-state index in [1.807, 2.05) is 6.07 Å². The van der Waals surface area contributed by atoms with Crippen molar-refractivity contribution < 1.29 is 14.2 Å². The molecule has 0 aromatic heterocycles. The molecule has 0 radical (unpaired) electrons. The molecule has 1 aromatic carbocycles. The number of methoxy groups -OCH3 is 1. The van der Waals surface area contributed by atoms with Crippen molar-refractivity contribution in [3.8, 4) is 11.5 Å². The fourth-order valence-electron chi connectivity index (χ4n) is 3.53. The Morgan fingerprint density at radius 3 is 2.64 bits per heavy atom. The summed E-state index contributed by atoms with van der Waals surface area (Å²) in [6.45, 7) is 1.50. The van der Waals surface area contributed by atoms with Crippen LogP contribution in [0.2, 0.25) is 0 Å². The zero-order valence-corrected chi connectivity index (χ0v) is 13.5. The summed E-state index contributed by atoms with van der Waals surface area (Å²) in [5.74, 6) is 1.57. The van der Waals surface area contributed by atoms with E-state index in [2.05, 4.69) is 12.1 Å². The van der Waals surface area contributed by atoms with E-state index in [0.29, 0.717) is 6.61 Å². The van der Waals surface area contributed by atoms with Gasteiger partial charge in [0.15, 0.2) is 11.5 Å². The average molecular weight is 305 g/mol. The molecule has 0 bridgehead atoms. The second-order valence-electron chi connectivity index (χ2n) is 6.54. The molecule has 1 heterocycles. The van der Waals surface area contributed by atoms with Gasteiger partial charge in [-0.25, -0.2) is 0 Å². The van der Waals surface area contributed by atoms with Crippen molar-refractivity contribution in [2.45, 2.75) is 56.6 Å². The van der Waals surface area contributed by atoms with Crippen LogP contribution in [0.25, 0.3) is 0 Å². The summed E-state index contributed by atoms with van der Waals surface area (Å²) in [4.78, 5) is 0. The lowest BCUT2D eigenvalue weighted by molar-refractivity contribution is 0.00642. The molecule has 4 heteroatoms. The maximum Gasteiger partial charge on any atom is 0.161 e. The van der Waals surface area contributed by atoms with Crippen LogP contribution in [0.5, 0.6) is 11.5 Å². The number of rotatable bonds is 4. The predicted molar refractivity (Wildman–Crippen MR) is 86.4 cm³/mol. The monoisotopic (exact) mass is 305 g/mol. The van der Waals surface area contributed by atoms with Crippen LogP contribution in [0.15, 0.2) is 18.2 Å². The van der Waals surface area contributed by atoms with Crippen molar-refractivity contribution in [2.24, 2.45) is 5.73 Å². The molecule has 4 nitrogen and oxygen atoms in total. The first kappa shape index (κ1) is 15.6. The van der Waals surface area contributed by atoms with Gasteiger partial charge >= 0.3 is 0 Å². The second-order valence-corrected chi connectivity index (χ2v) is 6.54. The van der Waals surface area contributed by atoms with Gasteiger partial charge in [0.05, 0.1) is 13.7 Å². The molecular weight excluding hydrogens is 278 g/mol. The molecule has 1 aliphatic heterocycles. The van der Waals surface area contributed by atoms with E-state index in [9.17, 15) is 0 Å². The average Bonchev–Trinajstić information content (AvgIpc) is 2.57. The molecule has 1 aliphatic carbocycles. The van der Waals surface area contributed by atoms with E-state index in [4.69, 9.17) is 19.9 Å². The molecule has 22 heavy (non-hydrogen) atoms. The van der Waals surface area contributed by atoms with Gasteiger partial charge in [-0.15, -0.1) is 0 Å². The van der Waals surface area contributed by atoms with Crippen LogP contribution in [-0.2, 0) is 10.3 Å². The van der Waals surface area contributed by atoms with Crippen LogP contribution < -0.4 is 15.2 Å². The molecule has 1 saturated carbocycles. The molecule has 1 unspecified atom stereocenters. The Morgan fingerprint density at radius 1 is 1.14 bits per heavy atom. The fourth-order valence-corrected chi connectivity index (χ4v) is 3.53. The van der Waals surface area contributed by atoms with Crippen molar-refractivity contribution in [3.63, 3.8) is 0 Å². The van der Waals surface area contributed by atoms with Gasteiger partial charge in [0.1, 0.15) is 6.10 Å². The Bertz CT molecular complexity index is 491. The highest BCUT2D eigenvalue weighted by molar-refractivity contribution is 5.45. The zero-order valence-electron chi connectivity index (χ0n) is 13.5. The summed E-state index contributed by atoms with van der Waals surface area (Å²) in [7, 11) is 1.69. The van der Waals surface area contributed by atoms with Gasteiger partial charge < -0.3 is 19.9 Å². The van der Waals surface area contributed by atoms with Gasteiger partial charge in [-0.1, -0.05) is 25.3 Å². The maximum atomic E-state index is 6.62. The van der Waals surface area contributed by atoms with Crippen molar-refractivity contribution in [1.29, 1.82) is 0 Å². The highest BCUT2D eigenvalue weighted by atomic mass is 16.5. The largest absolute Gasteiger partial charge is 0.493 e. The Labute approximate surface area is 132 Å². The van der Waals surface area contributed by atoms with Crippen LogP contribution in [-0.4, -0.2) is 26.4 Å². The molecule has 3 rings (SSSR count). The summed E-state index contributed by atoms with van der Waals surface area (Å²) in [6.07, 6.45) is 8.00. The lowest BCUT2D eigenvalue weighted by Crippen LogP contribution is -2.38. The maximum absolute atomic E-state index is 6.62. The number of nitrogens with two attached hydrogens (primary N) is 1. The minimum Gasteiger partial charge on any atom is -0.493 e. The van der Waals surface area contributed by atoms with Crippen LogP contribution >= 0.6 is 0 Å². The molecule has 122 valence electrons. The van der Waals surface area contributed by atoms with E-state index in [1.165, 1.54) is 19.3 Å².